The molecule has 0 saturated carbocycles. The Balaban J connectivity index is 1.26. The van der Waals surface area contributed by atoms with Gasteiger partial charge in [0.15, 0.2) is 0 Å². The molecule has 0 spiro atoms. The third-order valence-corrected chi connectivity index (χ3v) is 6.78. The van der Waals surface area contributed by atoms with E-state index in [4.69, 9.17) is 4.74 Å². The second-order valence-electron chi connectivity index (χ2n) is 8.08. The van der Waals surface area contributed by atoms with Crippen LogP contribution in [0.3, 0.4) is 0 Å². The van der Waals surface area contributed by atoms with E-state index < -0.39 is 0 Å². The number of rotatable bonds is 4. The maximum absolute atomic E-state index is 13.0. The molecule has 0 unspecified atom stereocenters. The topological polar surface area (TPSA) is 53.1 Å². The second kappa shape index (κ2) is 9.73. The molecule has 2 aliphatic heterocycles. The first kappa shape index (κ1) is 21.7. The highest BCUT2D eigenvalue weighted by Gasteiger charge is 2.32. The number of methoxy groups -OCH3 is 1. The summed E-state index contributed by atoms with van der Waals surface area (Å²) in [5, 5.41) is 0. The zero-order valence-corrected chi connectivity index (χ0v) is 19.4. The summed E-state index contributed by atoms with van der Waals surface area (Å²) >= 11 is 3.40. The fourth-order valence-corrected chi connectivity index (χ4v) is 4.61. The first-order chi connectivity index (χ1) is 15.0. The lowest BCUT2D eigenvalue weighted by Crippen LogP contribution is -2.52. The molecule has 0 bridgehead atoms. The zero-order chi connectivity index (χ0) is 21.8. The highest BCUT2D eigenvalue weighted by molar-refractivity contribution is 9.10. The highest BCUT2D eigenvalue weighted by atomic mass is 79.9. The van der Waals surface area contributed by atoms with E-state index in [1.165, 1.54) is 0 Å². The predicted molar refractivity (Wildman–Crippen MR) is 125 cm³/mol. The van der Waals surface area contributed by atoms with E-state index in [1.807, 2.05) is 46.2 Å². The normalized spacial score (nSPS) is 17.5. The summed E-state index contributed by atoms with van der Waals surface area (Å²) in [7, 11) is 1.67. The van der Waals surface area contributed by atoms with Gasteiger partial charge in [0.2, 0.25) is 5.91 Å². The number of likely N-dealkylation sites (tertiary alicyclic amines) is 1. The van der Waals surface area contributed by atoms with Crippen LogP contribution in [0.5, 0.6) is 5.75 Å². The van der Waals surface area contributed by atoms with Gasteiger partial charge in [-0.2, -0.15) is 0 Å². The number of anilines is 1. The standard InChI is InChI=1S/C24H28BrN3O3/c1-31-22-8-6-21(7-9-22)26-14-16-28(17-15-26)24(30)19-10-12-27(13-11-19)23(29)18-2-4-20(25)5-3-18/h2-9,19H,10-17H2,1H3. The number of benzene rings is 2. The summed E-state index contributed by atoms with van der Waals surface area (Å²) in [5.74, 6) is 1.15. The van der Waals surface area contributed by atoms with E-state index in [0.29, 0.717) is 18.7 Å². The third-order valence-electron chi connectivity index (χ3n) is 6.25. The van der Waals surface area contributed by atoms with Gasteiger partial charge < -0.3 is 19.4 Å². The van der Waals surface area contributed by atoms with Crippen LogP contribution in [-0.2, 0) is 4.79 Å². The van der Waals surface area contributed by atoms with E-state index >= 15 is 0 Å². The smallest absolute Gasteiger partial charge is 0.253 e. The lowest BCUT2D eigenvalue weighted by molar-refractivity contribution is -0.137. The Morgan fingerprint density at radius 2 is 1.45 bits per heavy atom. The number of hydrogen-bond acceptors (Lipinski definition) is 4. The van der Waals surface area contributed by atoms with Crippen LogP contribution in [0.2, 0.25) is 0 Å². The fraction of sp³-hybridized carbons (Fsp3) is 0.417. The summed E-state index contributed by atoms with van der Waals surface area (Å²) < 4.78 is 6.19. The van der Waals surface area contributed by atoms with Crippen LogP contribution >= 0.6 is 15.9 Å². The summed E-state index contributed by atoms with van der Waals surface area (Å²) in [6, 6.07) is 15.5. The molecule has 0 radical (unpaired) electrons. The van der Waals surface area contributed by atoms with Gasteiger partial charge in [0.25, 0.3) is 5.91 Å². The fourth-order valence-electron chi connectivity index (χ4n) is 4.34. The SMILES string of the molecule is COc1ccc(N2CCN(C(=O)C3CCN(C(=O)c4ccc(Br)cc4)CC3)CC2)cc1. The van der Waals surface area contributed by atoms with Gasteiger partial charge in [-0.05, 0) is 61.4 Å². The van der Waals surface area contributed by atoms with Gasteiger partial charge in [-0.3, -0.25) is 9.59 Å². The zero-order valence-electron chi connectivity index (χ0n) is 17.8. The Hall–Kier alpha value is -2.54. The minimum absolute atomic E-state index is 0.0153. The van der Waals surface area contributed by atoms with E-state index in [2.05, 4.69) is 33.0 Å². The molecular formula is C24H28BrN3O3. The lowest BCUT2D eigenvalue weighted by atomic mass is 9.94. The van der Waals surface area contributed by atoms with E-state index in [0.717, 1.165) is 54.9 Å². The van der Waals surface area contributed by atoms with Crippen molar-refractivity contribution in [1.82, 2.24) is 9.80 Å². The van der Waals surface area contributed by atoms with Crippen LogP contribution in [0.4, 0.5) is 5.69 Å². The molecule has 2 aliphatic rings. The van der Waals surface area contributed by atoms with Crippen LogP contribution < -0.4 is 9.64 Å². The number of halogens is 1. The van der Waals surface area contributed by atoms with Crippen molar-refractivity contribution >= 4 is 33.4 Å². The van der Waals surface area contributed by atoms with Crippen molar-refractivity contribution in [2.75, 3.05) is 51.3 Å². The Kier molecular flexibility index (Phi) is 6.80. The molecule has 7 heteroatoms. The Morgan fingerprint density at radius 3 is 2.03 bits per heavy atom. The van der Waals surface area contributed by atoms with Crippen molar-refractivity contribution in [3.8, 4) is 5.75 Å². The summed E-state index contributed by atoms with van der Waals surface area (Å²) in [5.41, 5.74) is 1.86. The second-order valence-corrected chi connectivity index (χ2v) is 9.00. The van der Waals surface area contributed by atoms with Gasteiger partial charge in [0.1, 0.15) is 5.75 Å². The molecule has 0 N–H and O–H groups in total. The van der Waals surface area contributed by atoms with Crippen molar-refractivity contribution in [2.45, 2.75) is 12.8 Å². The first-order valence-electron chi connectivity index (χ1n) is 10.8. The molecule has 0 aromatic heterocycles. The molecular weight excluding hydrogens is 458 g/mol. The quantitative estimate of drug-likeness (QED) is 0.662. The molecule has 0 atom stereocenters. The molecule has 0 aliphatic carbocycles. The predicted octanol–water partition coefficient (Wildman–Crippen LogP) is 3.66. The van der Waals surface area contributed by atoms with Gasteiger partial charge in [-0.25, -0.2) is 0 Å². The number of carbonyl (C=O) groups excluding carboxylic acids is 2. The van der Waals surface area contributed by atoms with Gasteiger partial charge in [-0.1, -0.05) is 15.9 Å². The molecule has 2 amide bonds. The van der Waals surface area contributed by atoms with Crippen LogP contribution in [0.25, 0.3) is 0 Å². The number of amides is 2. The summed E-state index contributed by atoms with van der Waals surface area (Å²) in [4.78, 5) is 31.9. The molecule has 2 aromatic carbocycles. The van der Waals surface area contributed by atoms with E-state index in [-0.39, 0.29) is 17.7 Å². The maximum atomic E-state index is 13.0. The molecule has 2 heterocycles. The van der Waals surface area contributed by atoms with Crippen LogP contribution in [-0.4, -0.2) is 68.0 Å². The average Bonchev–Trinajstić information content (AvgIpc) is 2.84. The highest BCUT2D eigenvalue weighted by Crippen LogP contribution is 2.24. The molecule has 2 fully saturated rings. The number of ether oxygens (including phenoxy) is 1. The molecule has 4 rings (SSSR count). The summed E-state index contributed by atoms with van der Waals surface area (Å²) in [6.07, 6.45) is 1.47. The van der Waals surface area contributed by atoms with Crippen LogP contribution in [0, 0.1) is 5.92 Å². The number of piperidine rings is 1. The number of hydrogen-bond donors (Lipinski definition) is 0. The van der Waals surface area contributed by atoms with Gasteiger partial charge in [0, 0.05) is 60.9 Å². The van der Waals surface area contributed by atoms with Crippen molar-refractivity contribution in [2.24, 2.45) is 5.92 Å². The third kappa shape index (κ3) is 5.03. The number of nitrogens with zero attached hydrogens (tertiary/aromatic N) is 3. The first-order valence-corrected chi connectivity index (χ1v) is 11.6. The largest absolute Gasteiger partial charge is 0.497 e. The van der Waals surface area contributed by atoms with Crippen molar-refractivity contribution < 1.29 is 14.3 Å². The minimum atomic E-state index is 0.0153. The van der Waals surface area contributed by atoms with E-state index in [9.17, 15) is 9.59 Å². The molecule has 6 nitrogen and oxygen atoms in total. The minimum Gasteiger partial charge on any atom is -0.497 e. The van der Waals surface area contributed by atoms with Crippen LogP contribution in [0.1, 0.15) is 23.2 Å². The molecule has 164 valence electrons. The van der Waals surface area contributed by atoms with E-state index in [1.54, 1.807) is 7.11 Å². The van der Waals surface area contributed by atoms with Crippen molar-refractivity contribution in [3.05, 3.63) is 58.6 Å². The van der Waals surface area contributed by atoms with Crippen molar-refractivity contribution in [3.63, 3.8) is 0 Å². The average molecular weight is 486 g/mol. The lowest BCUT2D eigenvalue weighted by Gasteiger charge is -2.39. The maximum Gasteiger partial charge on any atom is 0.253 e. The number of carbonyl (C=O) groups is 2. The molecule has 2 aromatic rings. The Bertz CT molecular complexity index is 901. The van der Waals surface area contributed by atoms with Gasteiger partial charge in [0.05, 0.1) is 7.11 Å². The van der Waals surface area contributed by atoms with Gasteiger partial charge in [-0.15, -0.1) is 0 Å². The number of piperazine rings is 1. The monoisotopic (exact) mass is 485 g/mol. The Morgan fingerprint density at radius 1 is 0.839 bits per heavy atom. The molecule has 31 heavy (non-hydrogen) atoms. The molecule has 2 saturated heterocycles. The van der Waals surface area contributed by atoms with Crippen LogP contribution in [0.15, 0.2) is 53.0 Å². The van der Waals surface area contributed by atoms with Crippen molar-refractivity contribution in [1.29, 1.82) is 0 Å². The Labute approximate surface area is 191 Å². The summed E-state index contributed by atoms with van der Waals surface area (Å²) in [6.45, 7) is 4.41. The van der Waals surface area contributed by atoms with Gasteiger partial charge >= 0.3 is 0 Å².